The molecule has 0 saturated carbocycles. The molecule has 0 heterocycles. The highest BCUT2D eigenvalue weighted by Gasteiger charge is 2.12. The fraction of sp³-hybridized carbons (Fsp3) is 0.308. The van der Waals surface area contributed by atoms with Crippen molar-refractivity contribution in [3.05, 3.63) is 29.8 Å². The second-order valence-corrected chi connectivity index (χ2v) is 3.73. The van der Waals surface area contributed by atoms with Crippen LogP contribution in [-0.2, 0) is 4.79 Å². The van der Waals surface area contributed by atoms with Gasteiger partial charge < -0.3 is 4.74 Å². The number of nitrogens with one attached hydrogen (secondary N) is 1. The van der Waals surface area contributed by atoms with E-state index in [9.17, 15) is 9.59 Å². The number of nitrogens with zero attached hydrogens (tertiary/aromatic N) is 1. The van der Waals surface area contributed by atoms with Crippen molar-refractivity contribution >= 4 is 17.6 Å². The van der Waals surface area contributed by atoms with Crippen LogP contribution < -0.4 is 10.2 Å². The van der Waals surface area contributed by atoms with Gasteiger partial charge in [-0.05, 0) is 25.5 Å². The van der Waals surface area contributed by atoms with Crippen molar-refractivity contribution in [3.8, 4) is 5.75 Å². The van der Waals surface area contributed by atoms with E-state index in [0.29, 0.717) is 0 Å². The van der Waals surface area contributed by atoms with Crippen LogP contribution in [0, 0.1) is 0 Å². The number of esters is 1. The zero-order valence-corrected chi connectivity index (χ0v) is 10.7. The van der Waals surface area contributed by atoms with Crippen LogP contribution >= 0.6 is 0 Å². The zero-order valence-electron chi connectivity index (χ0n) is 10.7. The third-order valence-electron chi connectivity index (χ3n) is 2.25. The molecule has 0 aliphatic rings. The molecule has 0 aliphatic carbocycles. The van der Waals surface area contributed by atoms with Crippen LogP contribution in [0.15, 0.2) is 29.4 Å². The standard InChI is InChI=1S/C13H16N2O3/c1-4-9(2)14-15-13(17)11-7-5-6-8-12(11)18-10(3)16/h5-8H,4H2,1-3H3,(H,15,17). The maximum atomic E-state index is 11.9. The number of rotatable bonds is 4. The number of carbonyl (C=O) groups excluding carboxylic acids is 2. The minimum absolute atomic E-state index is 0.229. The largest absolute Gasteiger partial charge is 0.426 e. The van der Waals surface area contributed by atoms with Gasteiger partial charge in [0.1, 0.15) is 5.75 Å². The first kappa shape index (κ1) is 13.9. The summed E-state index contributed by atoms with van der Waals surface area (Å²) in [6.45, 7) is 5.05. The van der Waals surface area contributed by atoms with Crippen molar-refractivity contribution in [2.75, 3.05) is 0 Å². The van der Waals surface area contributed by atoms with Crippen LogP contribution in [0.2, 0.25) is 0 Å². The van der Waals surface area contributed by atoms with E-state index in [1.807, 2.05) is 13.8 Å². The van der Waals surface area contributed by atoms with E-state index in [4.69, 9.17) is 4.74 Å². The van der Waals surface area contributed by atoms with Crippen molar-refractivity contribution < 1.29 is 14.3 Å². The fourth-order valence-electron chi connectivity index (χ4n) is 1.18. The molecule has 0 aromatic heterocycles. The summed E-state index contributed by atoms with van der Waals surface area (Å²) < 4.78 is 4.95. The Morgan fingerprint density at radius 1 is 1.28 bits per heavy atom. The monoisotopic (exact) mass is 248 g/mol. The summed E-state index contributed by atoms with van der Waals surface area (Å²) in [7, 11) is 0. The van der Waals surface area contributed by atoms with Gasteiger partial charge in [0, 0.05) is 12.6 Å². The molecule has 5 nitrogen and oxygen atoms in total. The predicted octanol–water partition coefficient (Wildman–Crippen LogP) is 2.13. The lowest BCUT2D eigenvalue weighted by Gasteiger charge is -2.07. The zero-order chi connectivity index (χ0) is 13.5. The molecular formula is C13H16N2O3. The number of hydrogen-bond donors (Lipinski definition) is 1. The van der Waals surface area contributed by atoms with Crippen LogP contribution in [0.4, 0.5) is 0 Å². The highest BCUT2D eigenvalue weighted by Crippen LogP contribution is 2.17. The summed E-state index contributed by atoms with van der Waals surface area (Å²) in [5.41, 5.74) is 3.51. The highest BCUT2D eigenvalue weighted by atomic mass is 16.5. The Hall–Kier alpha value is -2.17. The highest BCUT2D eigenvalue weighted by molar-refractivity contribution is 5.98. The van der Waals surface area contributed by atoms with Crippen molar-refractivity contribution in [2.45, 2.75) is 27.2 Å². The Kier molecular flexibility index (Phi) is 5.05. The molecular weight excluding hydrogens is 232 g/mol. The van der Waals surface area contributed by atoms with Gasteiger partial charge in [-0.25, -0.2) is 5.43 Å². The Labute approximate surface area is 106 Å². The van der Waals surface area contributed by atoms with Gasteiger partial charge >= 0.3 is 5.97 Å². The molecule has 1 amide bonds. The molecule has 1 N–H and O–H groups in total. The van der Waals surface area contributed by atoms with Crippen molar-refractivity contribution in [2.24, 2.45) is 5.10 Å². The van der Waals surface area contributed by atoms with Gasteiger partial charge in [0.25, 0.3) is 5.91 Å². The van der Waals surface area contributed by atoms with Crippen LogP contribution in [0.25, 0.3) is 0 Å². The molecule has 0 spiro atoms. The molecule has 5 heteroatoms. The molecule has 0 aliphatic heterocycles. The van der Waals surface area contributed by atoms with Crippen molar-refractivity contribution in [1.29, 1.82) is 0 Å². The average molecular weight is 248 g/mol. The van der Waals surface area contributed by atoms with E-state index in [-0.39, 0.29) is 11.3 Å². The quantitative estimate of drug-likeness (QED) is 0.384. The molecule has 18 heavy (non-hydrogen) atoms. The molecule has 1 aromatic rings. The van der Waals surface area contributed by atoms with E-state index in [0.717, 1.165) is 12.1 Å². The first-order chi connectivity index (χ1) is 8.54. The Balaban J connectivity index is 2.88. The molecule has 0 unspecified atom stereocenters. The maximum absolute atomic E-state index is 11.9. The van der Waals surface area contributed by atoms with Gasteiger partial charge in [0.05, 0.1) is 5.56 Å². The molecule has 0 radical (unpaired) electrons. The van der Waals surface area contributed by atoms with Crippen molar-refractivity contribution in [3.63, 3.8) is 0 Å². The molecule has 1 aromatic carbocycles. The molecule has 96 valence electrons. The summed E-state index contributed by atoms with van der Waals surface area (Å²) in [5.74, 6) is -0.644. The third kappa shape index (κ3) is 4.01. The minimum Gasteiger partial charge on any atom is -0.426 e. The summed E-state index contributed by atoms with van der Waals surface area (Å²) in [6, 6.07) is 6.52. The second-order valence-electron chi connectivity index (χ2n) is 3.73. The van der Waals surface area contributed by atoms with E-state index < -0.39 is 11.9 Å². The van der Waals surface area contributed by atoms with Gasteiger partial charge in [0.2, 0.25) is 0 Å². The first-order valence-electron chi connectivity index (χ1n) is 5.65. The Morgan fingerprint density at radius 2 is 1.94 bits per heavy atom. The van der Waals surface area contributed by atoms with E-state index in [1.54, 1.807) is 24.3 Å². The summed E-state index contributed by atoms with van der Waals surface area (Å²) in [5, 5.41) is 3.92. The number of carbonyl (C=O) groups is 2. The topological polar surface area (TPSA) is 67.8 Å². The minimum atomic E-state index is -0.469. The predicted molar refractivity (Wildman–Crippen MR) is 68.6 cm³/mol. The van der Waals surface area contributed by atoms with Crippen molar-refractivity contribution in [1.82, 2.24) is 5.43 Å². The molecule has 0 atom stereocenters. The van der Waals surface area contributed by atoms with Gasteiger partial charge in [0.15, 0.2) is 0 Å². The molecule has 0 bridgehead atoms. The number of hydrazone groups is 1. The summed E-state index contributed by atoms with van der Waals surface area (Å²) in [6.07, 6.45) is 0.756. The van der Waals surface area contributed by atoms with E-state index in [2.05, 4.69) is 10.5 Å². The molecule has 1 rings (SSSR count). The number of benzene rings is 1. The fourth-order valence-corrected chi connectivity index (χ4v) is 1.18. The number of ether oxygens (including phenoxy) is 1. The normalized spacial score (nSPS) is 10.9. The van der Waals surface area contributed by atoms with Crippen LogP contribution in [-0.4, -0.2) is 17.6 Å². The molecule has 0 saturated heterocycles. The third-order valence-corrected chi connectivity index (χ3v) is 2.25. The summed E-state index contributed by atoms with van der Waals surface area (Å²) in [4.78, 5) is 22.8. The average Bonchev–Trinajstić information content (AvgIpc) is 2.35. The van der Waals surface area contributed by atoms with Gasteiger partial charge in [-0.1, -0.05) is 19.1 Å². The van der Waals surface area contributed by atoms with Gasteiger partial charge in [-0.3, -0.25) is 9.59 Å². The summed E-state index contributed by atoms with van der Waals surface area (Å²) >= 11 is 0. The molecule has 0 fully saturated rings. The number of amides is 1. The van der Waals surface area contributed by atoms with Crippen LogP contribution in [0.3, 0.4) is 0 Å². The number of hydrogen-bond acceptors (Lipinski definition) is 4. The lowest BCUT2D eigenvalue weighted by Crippen LogP contribution is -2.20. The van der Waals surface area contributed by atoms with E-state index >= 15 is 0 Å². The lowest BCUT2D eigenvalue weighted by molar-refractivity contribution is -0.131. The SMILES string of the molecule is CCC(C)=NNC(=O)c1ccccc1OC(C)=O. The first-order valence-corrected chi connectivity index (χ1v) is 5.65. The van der Waals surface area contributed by atoms with Gasteiger partial charge in [-0.15, -0.1) is 0 Å². The Bertz CT molecular complexity index is 481. The Morgan fingerprint density at radius 3 is 2.56 bits per heavy atom. The second kappa shape index (κ2) is 6.54. The van der Waals surface area contributed by atoms with Gasteiger partial charge in [-0.2, -0.15) is 5.10 Å². The van der Waals surface area contributed by atoms with Crippen LogP contribution in [0.1, 0.15) is 37.6 Å². The number of para-hydroxylation sites is 1. The van der Waals surface area contributed by atoms with E-state index in [1.165, 1.54) is 6.92 Å². The van der Waals surface area contributed by atoms with Crippen LogP contribution in [0.5, 0.6) is 5.75 Å². The smallest absolute Gasteiger partial charge is 0.308 e. The maximum Gasteiger partial charge on any atom is 0.308 e. The lowest BCUT2D eigenvalue weighted by atomic mass is 10.2.